The lowest BCUT2D eigenvalue weighted by Crippen LogP contribution is -2.25. The summed E-state index contributed by atoms with van der Waals surface area (Å²) in [4.78, 5) is 12.5. The van der Waals surface area contributed by atoms with Crippen molar-refractivity contribution in [2.24, 2.45) is 5.92 Å². The summed E-state index contributed by atoms with van der Waals surface area (Å²) in [6, 6.07) is 7.87. The highest BCUT2D eigenvalue weighted by Gasteiger charge is 2.30. The van der Waals surface area contributed by atoms with Crippen molar-refractivity contribution in [3.05, 3.63) is 34.3 Å². The van der Waals surface area contributed by atoms with Gasteiger partial charge in [-0.1, -0.05) is 96.1 Å². The van der Waals surface area contributed by atoms with Gasteiger partial charge in [-0.25, -0.2) is 0 Å². The molecule has 1 aromatic carbocycles. The van der Waals surface area contributed by atoms with Crippen molar-refractivity contribution in [2.75, 3.05) is 6.61 Å². The van der Waals surface area contributed by atoms with E-state index in [1.54, 1.807) is 0 Å². The first-order chi connectivity index (χ1) is 9.74. The first-order valence-corrected chi connectivity index (χ1v) is 9.90. The van der Waals surface area contributed by atoms with Gasteiger partial charge in [-0.2, -0.15) is 0 Å². The molecule has 0 aliphatic rings. The Hall–Kier alpha value is 0.610. The second kappa shape index (κ2) is 9.04. The molecule has 0 N–H and O–H groups in total. The fraction of sp³-hybridized carbons (Fsp3) is 0.533. The summed E-state index contributed by atoms with van der Waals surface area (Å²) < 4.78 is 5.86. The van der Waals surface area contributed by atoms with Gasteiger partial charge in [0.25, 0.3) is 0 Å². The average molecular weight is 550 g/mol. The summed E-state index contributed by atoms with van der Waals surface area (Å²) >= 11 is 13.4. The van der Waals surface area contributed by atoms with Crippen LogP contribution >= 0.6 is 63.7 Å². The van der Waals surface area contributed by atoms with Crippen LogP contribution in [-0.2, 0) is 9.53 Å². The Balaban J connectivity index is 2.91. The number of ether oxygens (including phenoxy) is 1. The zero-order chi connectivity index (χ0) is 16.0. The van der Waals surface area contributed by atoms with E-state index < -0.39 is 2.14 Å². The molecule has 0 spiro atoms. The predicted molar refractivity (Wildman–Crippen MR) is 101 cm³/mol. The monoisotopic (exact) mass is 546 g/mol. The number of hydrogen-bond donors (Lipinski definition) is 0. The minimum absolute atomic E-state index is 0.194. The van der Waals surface area contributed by atoms with E-state index in [2.05, 4.69) is 77.6 Å². The normalized spacial score (nSPS) is 14.6. The van der Waals surface area contributed by atoms with Crippen molar-refractivity contribution < 1.29 is 9.53 Å². The summed E-state index contributed by atoms with van der Waals surface area (Å²) in [7, 11) is 0. The van der Waals surface area contributed by atoms with Gasteiger partial charge < -0.3 is 4.74 Å². The SMILES string of the molecule is CCC[C@@H](C)[C@H](C(=O)OCC(Br)(Br)Br)c1ccc(Br)cc1. The molecule has 2 atom stereocenters. The van der Waals surface area contributed by atoms with Crippen LogP contribution in [0.1, 0.15) is 38.2 Å². The summed E-state index contributed by atoms with van der Waals surface area (Å²) in [5.41, 5.74) is 0.994. The molecule has 2 nitrogen and oxygen atoms in total. The lowest BCUT2D eigenvalue weighted by molar-refractivity contribution is -0.146. The van der Waals surface area contributed by atoms with Crippen molar-refractivity contribution in [1.82, 2.24) is 0 Å². The van der Waals surface area contributed by atoms with Gasteiger partial charge in [0.1, 0.15) is 6.61 Å². The fourth-order valence-electron chi connectivity index (χ4n) is 2.23. The molecule has 0 saturated carbocycles. The Morgan fingerprint density at radius 1 is 1.24 bits per heavy atom. The minimum atomic E-state index is -0.569. The molecule has 118 valence electrons. The molecule has 6 heteroatoms. The topological polar surface area (TPSA) is 26.3 Å². The highest BCUT2D eigenvalue weighted by molar-refractivity contribution is 9.39. The maximum Gasteiger partial charge on any atom is 0.313 e. The number of rotatable bonds is 6. The van der Waals surface area contributed by atoms with Crippen molar-refractivity contribution in [3.63, 3.8) is 0 Å². The molecule has 1 aromatic rings. The Bertz CT molecular complexity index is 454. The van der Waals surface area contributed by atoms with Crippen LogP contribution in [0.2, 0.25) is 0 Å². The van der Waals surface area contributed by atoms with E-state index in [-0.39, 0.29) is 24.4 Å². The van der Waals surface area contributed by atoms with E-state index in [1.807, 2.05) is 24.3 Å². The number of carbonyl (C=O) groups is 1. The molecule has 0 heterocycles. The van der Waals surface area contributed by atoms with Gasteiger partial charge in [-0.3, -0.25) is 4.79 Å². The highest BCUT2D eigenvalue weighted by atomic mass is 80.0. The van der Waals surface area contributed by atoms with Crippen molar-refractivity contribution >= 4 is 69.7 Å². The lowest BCUT2D eigenvalue weighted by atomic mass is 9.84. The Morgan fingerprint density at radius 2 is 1.81 bits per heavy atom. The molecular formula is C15H18Br4O2. The van der Waals surface area contributed by atoms with Crippen LogP contribution < -0.4 is 0 Å². The smallest absolute Gasteiger partial charge is 0.313 e. The number of alkyl halides is 3. The molecular weight excluding hydrogens is 532 g/mol. The van der Waals surface area contributed by atoms with Gasteiger partial charge in [0, 0.05) is 4.47 Å². The van der Waals surface area contributed by atoms with Crippen LogP contribution in [0.15, 0.2) is 28.7 Å². The maximum absolute atomic E-state index is 12.5. The molecule has 0 bridgehead atoms. The maximum atomic E-state index is 12.5. The quantitative estimate of drug-likeness (QED) is 0.305. The Morgan fingerprint density at radius 3 is 2.29 bits per heavy atom. The van der Waals surface area contributed by atoms with Gasteiger partial charge >= 0.3 is 5.97 Å². The third-order valence-electron chi connectivity index (χ3n) is 3.17. The van der Waals surface area contributed by atoms with E-state index in [9.17, 15) is 4.79 Å². The molecule has 21 heavy (non-hydrogen) atoms. The van der Waals surface area contributed by atoms with Gasteiger partial charge in [-0.05, 0) is 30.0 Å². The third-order valence-corrected chi connectivity index (χ3v) is 4.39. The number of halogens is 4. The molecule has 0 radical (unpaired) electrons. The van der Waals surface area contributed by atoms with E-state index in [1.165, 1.54) is 0 Å². The van der Waals surface area contributed by atoms with Crippen LogP contribution in [0, 0.1) is 5.92 Å². The number of benzene rings is 1. The van der Waals surface area contributed by atoms with E-state index in [0.29, 0.717) is 0 Å². The molecule has 0 aliphatic heterocycles. The molecule has 0 aromatic heterocycles. The Labute approximate surface area is 159 Å². The molecule has 1 rings (SSSR count). The van der Waals surface area contributed by atoms with E-state index in [4.69, 9.17) is 4.74 Å². The van der Waals surface area contributed by atoms with Gasteiger partial charge in [-0.15, -0.1) is 0 Å². The molecule has 0 saturated heterocycles. The first kappa shape index (κ1) is 19.7. The Kier molecular flexibility index (Phi) is 8.46. The van der Waals surface area contributed by atoms with Crippen LogP contribution in [0.4, 0.5) is 0 Å². The zero-order valence-corrected chi connectivity index (χ0v) is 18.3. The summed E-state index contributed by atoms with van der Waals surface area (Å²) in [5, 5.41) is 0. The van der Waals surface area contributed by atoms with E-state index >= 15 is 0 Å². The summed E-state index contributed by atoms with van der Waals surface area (Å²) in [6.07, 6.45) is 2.03. The fourth-order valence-corrected chi connectivity index (χ4v) is 2.84. The van der Waals surface area contributed by atoms with Crippen molar-refractivity contribution in [2.45, 2.75) is 34.7 Å². The van der Waals surface area contributed by atoms with E-state index in [0.717, 1.165) is 22.9 Å². The summed E-state index contributed by atoms with van der Waals surface area (Å²) in [6.45, 7) is 4.43. The minimum Gasteiger partial charge on any atom is -0.462 e. The number of carbonyl (C=O) groups excluding carboxylic acids is 1. The number of esters is 1. The second-order valence-corrected chi connectivity index (χ2v) is 13.2. The molecule has 0 unspecified atom stereocenters. The molecule has 0 amide bonds. The zero-order valence-electron chi connectivity index (χ0n) is 11.9. The van der Waals surface area contributed by atoms with Gasteiger partial charge in [0.05, 0.1) is 5.92 Å². The largest absolute Gasteiger partial charge is 0.462 e. The van der Waals surface area contributed by atoms with Crippen molar-refractivity contribution in [1.29, 1.82) is 0 Å². The third kappa shape index (κ3) is 7.14. The highest BCUT2D eigenvalue weighted by Crippen LogP contribution is 2.35. The first-order valence-electron chi connectivity index (χ1n) is 6.73. The number of hydrogen-bond acceptors (Lipinski definition) is 2. The predicted octanol–water partition coefficient (Wildman–Crippen LogP) is 6.35. The molecule has 0 fully saturated rings. The van der Waals surface area contributed by atoms with Gasteiger partial charge in [0.2, 0.25) is 0 Å². The summed E-state index contributed by atoms with van der Waals surface area (Å²) in [5.74, 6) is -0.201. The van der Waals surface area contributed by atoms with Crippen LogP contribution in [0.25, 0.3) is 0 Å². The average Bonchev–Trinajstić information content (AvgIpc) is 2.38. The van der Waals surface area contributed by atoms with Crippen molar-refractivity contribution in [3.8, 4) is 0 Å². The van der Waals surface area contributed by atoms with Gasteiger partial charge in [0.15, 0.2) is 2.14 Å². The lowest BCUT2D eigenvalue weighted by Gasteiger charge is -2.24. The van der Waals surface area contributed by atoms with Crippen LogP contribution in [0.5, 0.6) is 0 Å². The second-order valence-electron chi connectivity index (χ2n) is 5.02. The van der Waals surface area contributed by atoms with Crippen LogP contribution in [0.3, 0.4) is 0 Å². The van der Waals surface area contributed by atoms with Crippen LogP contribution in [-0.4, -0.2) is 14.7 Å². The molecule has 0 aliphatic carbocycles. The standard InChI is InChI=1S/C15H18Br4O2/c1-3-4-10(2)13(11-5-7-12(16)8-6-11)14(20)21-9-15(17,18)19/h5-8,10,13H,3-4,9H2,1-2H3/t10-,13+/m1/s1.